The van der Waals surface area contributed by atoms with Crippen molar-refractivity contribution in [2.75, 3.05) is 20.1 Å². The first-order valence-electron chi connectivity index (χ1n) is 7.54. The lowest BCUT2D eigenvalue weighted by Crippen LogP contribution is -2.35. The van der Waals surface area contributed by atoms with Crippen molar-refractivity contribution < 1.29 is 4.79 Å². The van der Waals surface area contributed by atoms with E-state index in [2.05, 4.69) is 29.5 Å². The third-order valence-electron chi connectivity index (χ3n) is 4.25. The predicted molar refractivity (Wildman–Crippen MR) is 87.8 cm³/mol. The molecule has 6 heteroatoms. The van der Waals surface area contributed by atoms with Crippen LogP contribution in [0.5, 0.6) is 0 Å². The fourth-order valence-corrected chi connectivity index (χ4v) is 4.03. The molecule has 118 valence electrons. The van der Waals surface area contributed by atoms with Crippen LogP contribution < -0.4 is 5.32 Å². The van der Waals surface area contributed by atoms with Crippen LogP contribution in [0.1, 0.15) is 21.2 Å². The number of hydrogen-bond acceptors (Lipinski definition) is 4. The van der Waals surface area contributed by atoms with Gasteiger partial charge in [0.25, 0.3) is 0 Å². The molecule has 5 nitrogen and oxygen atoms in total. The minimum Gasteiger partial charge on any atom is -0.340 e. The molecule has 2 atom stereocenters. The molecule has 3 rings (SSSR count). The van der Waals surface area contributed by atoms with Crippen molar-refractivity contribution in [2.45, 2.75) is 19.4 Å². The molecule has 2 aromatic heterocycles. The van der Waals surface area contributed by atoms with Crippen LogP contribution in [-0.2, 0) is 18.4 Å². The number of aryl methyl sites for hydroxylation is 2. The lowest BCUT2D eigenvalue weighted by Gasteiger charge is -2.23. The van der Waals surface area contributed by atoms with E-state index in [9.17, 15) is 4.79 Å². The number of aromatic nitrogens is 2. The fraction of sp³-hybridized carbons (Fsp3) is 0.500. The topological polar surface area (TPSA) is 50.2 Å². The van der Waals surface area contributed by atoms with Gasteiger partial charge in [0.05, 0.1) is 18.7 Å². The smallest absolute Gasteiger partial charge is 0.227 e. The molecule has 2 aromatic rings. The van der Waals surface area contributed by atoms with E-state index in [1.807, 2.05) is 31.4 Å². The molecule has 1 amide bonds. The lowest BCUT2D eigenvalue weighted by molar-refractivity contribution is -0.134. The second kappa shape index (κ2) is 6.22. The van der Waals surface area contributed by atoms with E-state index in [-0.39, 0.29) is 17.7 Å². The molecular formula is C16H22N4OS. The van der Waals surface area contributed by atoms with E-state index >= 15 is 0 Å². The van der Waals surface area contributed by atoms with Gasteiger partial charge in [-0.15, -0.1) is 11.3 Å². The standard InChI is InChI=1S/C16H22N4OS/c1-11-4-5-13(22-11)10-19(2)16(21)15-8-17-7-14(15)12-6-18-20(3)9-12/h4-6,9,14-15,17H,7-8,10H2,1-3H3/t14-,15+/m1/s1. The molecule has 1 fully saturated rings. The van der Waals surface area contributed by atoms with Crippen LogP contribution >= 0.6 is 11.3 Å². The minimum absolute atomic E-state index is 0.00439. The Morgan fingerprint density at radius 2 is 2.32 bits per heavy atom. The summed E-state index contributed by atoms with van der Waals surface area (Å²) in [6, 6.07) is 4.21. The first-order valence-corrected chi connectivity index (χ1v) is 8.36. The van der Waals surface area contributed by atoms with Gasteiger partial charge in [-0.3, -0.25) is 9.48 Å². The highest BCUT2D eigenvalue weighted by Crippen LogP contribution is 2.29. The van der Waals surface area contributed by atoms with Crippen molar-refractivity contribution in [1.29, 1.82) is 0 Å². The van der Waals surface area contributed by atoms with Gasteiger partial charge >= 0.3 is 0 Å². The second-order valence-electron chi connectivity index (χ2n) is 6.03. The Labute approximate surface area is 134 Å². The van der Waals surface area contributed by atoms with E-state index in [0.717, 1.165) is 18.7 Å². The molecule has 0 aromatic carbocycles. The maximum absolute atomic E-state index is 12.8. The molecule has 1 aliphatic rings. The summed E-state index contributed by atoms with van der Waals surface area (Å²) in [5, 5.41) is 7.59. The quantitative estimate of drug-likeness (QED) is 0.934. The number of amides is 1. The summed E-state index contributed by atoms with van der Waals surface area (Å²) in [5.41, 5.74) is 1.14. The zero-order valence-electron chi connectivity index (χ0n) is 13.2. The summed E-state index contributed by atoms with van der Waals surface area (Å²) < 4.78 is 1.80. The lowest BCUT2D eigenvalue weighted by atomic mass is 9.90. The molecule has 0 spiro atoms. The molecule has 0 unspecified atom stereocenters. The Hall–Kier alpha value is -1.66. The molecule has 0 radical (unpaired) electrons. The maximum atomic E-state index is 12.8. The van der Waals surface area contributed by atoms with Gasteiger partial charge in [-0.2, -0.15) is 5.10 Å². The van der Waals surface area contributed by atoms with Crippen molar-refractivity contribution in [1.82, 2.24) is 20.0 Å². The number of nitrogens with one attached hydrogen (secondary N) is 1. The van der Waals surface area contributed by atoms with Crippen molar-refractivity contribution in [3.8, 4) is 0 Å². The zero-order chi connectivity index (χ0) is 15.7. The average Bonchev–Trinajstić information content (AvgIpc) is 3.18. The first-order chi connectivity index (χ1) is 10.5. The molecule has 0 bridgehead atoms. The highest BCUT2D eigenvalue weighted by Gasteiger charge is 2.36. The van der Waals surface area contributed by atoms with Crippen molar-refractivity contribution in [2.24, 2.45) is 13.0 Å². The van der Waals surface area contributed by atoms with E-state index in [1.54, 1.807) is 16.0 Å². The molecule has 0 aliphatic carbocycles. The van der Waals surface area contributed by atoms with Crippen LogP contribution in [0.2, 0.25) is 0 Å². The predicted octanol–water partition coefficient (Wildman–Crippen LogP) is 1.75. The van der Waals surface area contributed by atoms with Crippen molar-refractivity contribution in [3.05, 3.63) is 39.8 Å². The van der Waals surface area contributed by atoms with Crippen molar-refractivity contribution >= 4 is 17.2 Å². The van der Waals surface area contributed by atoms with E-state index in [1.165, 1.54) is 9.75 Å². The molecule has 3 heterocycles. The van der Waals surface area contributed by atoms with E-state index in [4.69, 9.17) is 0 Å². The van der Waals surface area contributed by atoms with Gasteiger partial charge in [-0.25, -0.2) is 0 Å². The Kier molecular flexibility index (Phi) is 4.31. The summed E-state index contributed by atoms with van der Waals surface area (Å²) in [7, 11) is 3.81. The maximum Gasteiger partial charge on any atom is 0.227 e. The molecule has 1 N–H and O–H groups in total. The monoisotopic (exact) mass is 318 g/mol. The second-order valence-corrected chi connectivity index (χ2v) is 7.40. The number of hydrogen-bond donors (Lipinski definition) is 1. The highest BCUT2D eigenvalue weighted by atomic mass is 32.1. The van der Waals surface area contributed by atoms with E-state index in [0.29, 0.717) is 6.54 Å². The summed E-state index contributed by atoms with van der Waals surface area (Å²) in [4.78, 5) is 17.2. The number of carbonyl (C=O) groups is 1. The fourth-order valence-electron chi connectivity index (χ4n) is 3.08. The Morgan fingerprint density at radius 1 is 1.50 bits per heavy atom. The van der Waals surface area contributed by atoms with Gasteiger partial charge in [0.1, 0.15) is 0 Å². The van der Waals surface area contributed by atoms with Gasteiger partial charge in [0, 0.05) is 49.1 Å². The third-order valence-corrected chi connectivity index (χ3v) is 5.24. The molecule has 0 saturated carbocycles. The van der Waals surface area contributed by atoms with Gasteiger partial charge in [-0.1, -0.05) is 0 Å². The largest absolute Gasteiger partial charge is 0.340 e. The van der Waals surface area contributed by atoms with Crippen LogP contribution in [0.15, 0.2) is 24.5 Å². The molecule has 1 aliphatic heterocycles. The van der Waals surface area contributed by atoms with Gasteiger partial charge in [0.2, 0.25) is 5.91 Å². The third kappa shape index (κ3) is 3.08. The normalized spacial score (nSPS) is 21.2. The van der Waals surface area contributed by atoms with E-state index < -0.39 is 0 Å². The highest BCUT2D eigenvalue weighted by molar-refractivity contribution is 7.11. The van der Waals surface area contributed by atoms with Gasteiger partial charge < -0.3 is 10.2 Å². The minimum atomic E-state index is -0.00439. The number of nitrogens with zero attached hydrogens (tertiary/aromatic N) is 3. The van der Waals surface area contributed by atoms with Gasteiger partial charge in [-0.05, 0) is 24.6 Å². The van der Waals surface area contributed by atoms with Crippen LogP contribution in [0.4, 0.5) is 0 Å². The van der Waals surface area contributed by atoms with Crippen LogP contribution in [0.25, 0.3) is 0 Å². The average molecular weight is 318 g/mol. The van der Waals surface area contributed by atoms with Crippen LogP contribution in [0, 0.1) is 12.8 Å². The van der Waals surface area contributed by atoms with Crippen LogP contribution in [-0.4, -0.2) is 40.7 Å². The number of thiophene rings is 1. The summed E-state index contributed by atoms with van der Waals surface area (Å²) >= 11 is 1.75. The SMILES string of the molecule is Cc1ccc(CN(C)C(=O)[C@H]2CNC[C@@H]2c2cnn(C)c2)s1. The van der Waals surface area contributed by atoms with Crippen LogP contribution in [0.3, 0.4) is 0 Å². The Balaban J connectivity index is 1.70. The zero-order valence-corrected chi connectivity index (χ0v) is 14.1. The molecule has 22 heavy (non-hydrogen) atoms. The Morgan fingerprint density at radius 3 is 2.95 bits per heavy atom. The summed E-state index contributed by atoms with van der Waals surface area (Å²) in [6.07, 6.45) is 3.89. The molecular weight excluding hydrogens is 296 g/mol. The Bertz CT molecular complexity index is 663. The number of rotatable bonds is 4. The number of carbonyl (C=O) groups excluding carboxylic acids is 1. The first kappa shape index (κ1) is 15.2. The van der Waals surface area contributed by atoms with Crippen molar-refractivity contribution in [3.63, 3.8) is 0 Å². The summed E-state index contributed by atoms with van der Waals surface area (Å²) in [6.45, 7) is 4.36. The summed E-state index contributed by atoms with van der Waals surface area (Å²) in [5.74, 6) is 0.425. The molecule has 1 saturated heterocycles. The van der Waals surface area contributed by atoms with Gasteiger partial charge in [0.15, 0.2) is 0 Å².